The predicted molar refractivity (Wildman–Crippen MR) is 106 cm³/mol. The fourth-order valence-corrected chi connectivity index (χ4v) is 3.54. The number of anilines is 1. The lowest BCUT2D eigenvalue weighted by molar-refractivity contribution is 0.476. The molecule has 0 unspecified atom stereocenters. The van der Waals surface area contributed by atoms with Gasteiger partial charge in [0.2, 0.25) is 0 Å². The van der Waals surface area contributed by atoms with Gasteiger partial charge in [0.15, 0.2) is 5.82 Å². The van der Waals surface area contributed by atoms with Gasteiger partial charge in [-0.2, -0.15) is 5.26 Å². The third-order valence-electron chi connectivity index (χ3n) is 4.95. The number of nitrogens with zero attached hydrogens (tertiary/aromatic N) is 3. The van der Waals surface area contributed by atoms with E-state index >= 15 is 0 Å². The highest BCUT2D eigenvalue weighted by Gasteiger charge is 2.18. The molecule has 1 atom stereocenters. The molecule has 3 aromatic rings. The lowest BCUT2D eigenvalue weighted by Gasteiger charge is -2.25. The van der Waals surface area contributed by atoms with Crippen molar-refractivity contribution in [3.8, 4) is 23.1 Å². The summed E-state index contributed by atoms with van der Waals surface area (Å²) in [6, 6.07) is 13.3. The van der Waals surface area contributed by atoms with E-state index in [1.807, 2.05) is 25.1 Å². The number of aryl methyl sites for hydroxylation is 1. The zero-order valence-electron chi connectivity index (χ0n) is 15.2. The number of piperidine rings is 1. The van der Waals surface area contributed by atoms with Crippen LogP contribution in [0, 0.1) is 18.3 Å². The molecule has 0 spiro atoms. The van der Waals surface area contributed by atoms with E-state index < -0.39 is 0 Å². The molecule has 0 radical (unpaired) electrons. The average molecular weight is 359 g/mol. The van der Waals surface area contributed by atoms with Gasteiger partial charge >= 0.3 is 0 Å². The molecule has 0 bridgehead atoms. The molecule has 1 fully saturated rings. The van der Waals surface area contributed by atoms with Crippen molar-refractivity contribution in [3.05, 3.63) is 47.5 Å². The van der Waals surface area contributed by atoms with E-state index in [1.54, 1.807) is 12.1 Å². The summed E-state index contributed by atoms with van der Waals surface area (Å²) in [7, 11) is 0. The summed E-state index contributed by atoms with van der Waals surface area (Å²) in [5.41, 5.74) is 2.73. The summed E-state index contributed by atoms with van der Waals surface area (Å²) in [5.74, 6) is 0.793. The largest absolute Gasteiger partial charge is 0.507 e. The first kappa shape index (κ1) is 17.3. The van der Waals surface area contributed by atoms with Crippen LogP contribution < -0.4 is 10.6 Å². The molecule has 1 aromatic heterocycles. The van der Waals surface area contributed by atoms with Gasteiger partial charge in [-0.25, -0.2) is 0 Å². The number of rotatable bonds is 3. The van der Waals surface area contributed by atoms with Crippen molar-refractivity contribution in [2.24, 2.45) is 0 Å². The normalized spacial score (nSPS) is 16.8. The second-order valence-electron chi connectivity index (χ2n) is 6.98. The summed E-state index contributed by atoms with van der Waals surface area (Å²) in [5, 5.41) is 37.1. The van der Waals surface area contributed by atoms with Crippen LogP contribution in [0.3, 0.4) is 0 Å². The molecule has 1 saturated heterocycles. The molecule has 2 aromatic carbocycles. The zero-order chi connectivity index (χ0) is 18.8. The highest BCUT2D eigenvalue weighted by molar-refractivity contribution is 6.01. The van der Waals surface area contributed by atoms with Gasteiger partial charge in [0.1, 0.15) is 11.4 Å². The van der Waals surface area contributed by atoms with Crippen molar-refractivity contribution in [1.82, 2.24) is 15.5 Å². The molecule has 6 heteroatoms. The number of aromatic nitrogens is 2. The summed E-state index contributed by atoms with van der Waals surface area (Å²) < 4.78 is 0. The maximum absolute atomic E-state index is 10.4. The molecule has 1 aliphatic heterocycles. The molecule has 0 amide bonds. The first-order chi connectivity index (χ1) is 13.2. The number of benzene rings is 2. The minimum Gasteiger partial charge on any atom is -0.507 e. The van der Waals surface area contributed by atoms with Crippen LogP contribution in [-0.4, -0.2) is 34.4 Å². The third kappa shape index (κ3) is 3.42. The minimum atomic E-state index is 0.0300. The van der Waals surface area contributed by atoms with Gasteiger partial charge < -0.3 is 15.7 Å². The molecular formula is C21H21N5O. The molecule has 136 valence electrons. The van der Waals surface area contributed by atoms with Gasteiger partial charge in [-0.3, -0.25) is 0 Å². The minimum absolute atomic E-state index is 0.0300. The monoisotopic (exact) mass is 359 g/mol. The van der Waals surface area contributed by atoms with Gasteiger partial charge in [-0.05, 0) is 50.6 Å². The van der Waals surface area contributed by atoms with Crippen LogP contribution in [0.1, 0.15) is 24.0 Å². The fraction of sp³-hybridized carbons (Fsp3) is 0.286. The van der Waals surface area contributed by atoms with Gasteiger partial charge in [0.05, 0.1) is 11.6 Å². The molecular weight excluding hydrogens is 338 g/mol. The van der Waals surface area contributed by atoms with Crippen LogP contribution in [-0.2, 0) is 0 Å². The Bertz CT molecular complexity index is 1030. The van der Waals surface area contributed by atoms with Crippen LogP contribution in [0.5, 0.6) is 5.75 Å². The Balaban J connectivity index is 1.82. The molecule has 6 nitrogen and oxygen atoms in total. The van der Waals surface area contributed by atoms with Crippen LogP contribution in [0.2, 0.25) is 0 Å². The Hall–Kier alpha value is -3.17. The number of nitriles is 1. The summed E-state index contributed by atoms with van der Waals surface area (Å²) in [6.45, 7) is 4.01. The molecule has 3 N–H and O–H groups in total. The maximum Gasteiger partial charge on any atom is 0.156 e. The van der Waals surface area contributed by atoms with E-state index in [0.717, 1.165) is 48.1 Å². The van der Waals surface area contributed by atoms with Gasteiger partial charge in [0.25, 0.3) is 0 Å². The number of aromatic hydroxyl groups is 1. The lowest BCUT2D eigenvalue weighted by Crippen LogP contribution is -2.38. The predicted octanol–water partition coefficient (Wildman–Crippen LogP) is 3.35. The lowest BCUT2D eigenvalue weighted by atomic mass is 10.0. The Morgan fingerprint density at radius 1 is 1.19 bits per heavy atom. The molecule has 4 rings (SSSR count). The van der Waals surface area contributed by atoms with Crippen LogP contribution in [0.4, 0.5) is 5.82 Å². The van der Waals surface area contributed by atoms with E-state index in [1.165, 1.54) is 6.07 Å². The van der Waals surface area contributed by atoms with Crippen molar-refractivity contribution in [2.75, 3.05) is 18.4 Å². The van der Waals surface area contributed by atoms with E-state index in [-0.39, 0.29) is 5.75 Å². The number of fused-ring (bicyclic) bond motifs is 1. The average Bonchev–Trinajstić information content (AvgIpc) is 2.69. The van der Waals surface area contributed by atoms with Crippen LogP contribution >= 0.6 is 0 Å². The Kier molecular flexibility index (Phi) is 4.61. The van der Waals surface area contributed by atoms with Crippen molar-refractivity contribution in [1.29, 1.82) is 5.26 Å². The van der Waals surface area contributed by atoms with E-state index in [0.29, 0.717) is 22.9 Å². The first-order valence-electron chi connectivity index (χ1n) is 9.13. The first-order valence-corrected chi connectivity index (χ1v) is 9.13. The third-order valence-corrected chi connectivity index (χ3v) is 4.95. The van der Waals surface area contributed by atoms with Crippen molar-refractivity contribution in [3.63, 3.8) is 0 Å². The number of phenolic OH excluding ortho intramolecular Hbond substituents is 1. The van der Waals surface area contributed by atoms with Crippen molar-refractivity contribution in [2.45, 2.75) is 25.8 Å². The van der Waals surface area contributed by atoms with E-state index in [4.69, 9.17) is 5.26 Å². The molecule has 0 saturated carbocycles. The Morgan fingerprint density at radius 3 is 2.81 bits per heavy atom. The van der Waals surface area contributed by atoms with Crippen molar-refractivity contribution >= 4 is 16.6 Å². The van der Waals surface area contributed by atoms with E-state index in [9.17, 15) is 5.11 Å². The summed E-state index contributed by atoms with van der Waals surface area (Å²) in [4.78, 5) is 0. The Labute approximate surface area is 157 Å². The smallest absolute Gasteiger partial charge is 0.156 e. The maximum atomic E-state index is 10.4. The number of nitrogens with one attached hydrogen (secondary N) is 2. The SMILES string of the molecule is Cc1ccc2c(-c3ccc(C#N)cc3O)nnc(N[C@@H]3CCCNC3)c2c1. The quantitative estimate of drug-likeness (QED) is 0.664. The highest BCUT2D eigenvalue weighted by atomic mass is 16.3. The van der Waals surface area contributed by atoms with Crippen LogP contribution in [0.15, 0.2) is 36.4 Å². The second-order valence-corrected chi connectivity index (χ2v) is 6.98. The highest BCUT2D eigenvalue weighted by Crippen LogP contribution is 2.35. The van der Waals surface area contributed by atoms with Gasteiger partial charge in [0, 0.05) is 28.9 Å². The zero-order valence-corrected chi connectivity index (χ0v) is 15.2. The van der Waals surface area contributed by atoms with Gasteiger partial charge in [-0.1, -0.05) is 17.7 Å². The summed E-state index contributed by atoms with van der Waals surface area (Å²) in [6.07, 6.45) is 2.24. The standard InChI is InChI=1S/C21H21N5O/c1-13-4-6-16-18(9-13)21(24-15-3-2-8-23-12-15)26-25-20(16)17-7-5-14(11-22)10-19(17)27/h4-7,9-10,15,23,27H,2-3,8,12H2,1H3,(H,24,26)/t15-/m1/s1. The molecule has 27 heavy (non-hydrogen) atoms. The summed E-state index contributed by atoms with van der Waals surface area (Å²) >= 11 is 0. The van der Waals surface area contributed by atoms with Crippen molar-refractivity contribution < 1.29 is 5.11 Å². The molecule has 2 heterocycles. The molecule has 1 aliphatic rings. The number of hydrogen-bond acceptors (Lipinski definition) is 6. The second kappa shape index (κ2) is 7.22. The number of hydrogen-bond donors (Lipinski definition) is 3. The van der Waals surface area contributed by atoms with Crippen LogP contribution in [0.25, 0.3) is 22.0 Å². The fourth-order valence-electron chi connectivity index (χ4n) is 3.54. The topological polar surface area (TPSA) is 93.9 Å². The number of phenols is 1. The van der Waals surface area contributed by atoms with Gasteiger partial charge in [-0.15, -0.1) is 10.2 Å². The Morgan fingerprint density at radius 2 is 2.07 bits per heavy atom. The van der Waals surface area contributed by atoms with E-state index in [2.05, 4.69) is 26.9 Å². The molecule has 0 aliphatic carbocycles.